The van der Waals surface area contributed by atoms with E-state index in [1.54, 1.807) is 6.20 Å². The molecule has 0 saturated heterocycles. The zero-order valence-electron chi connectivity index (χ0n) is 7.92. The van der Waals surface area contributed by atoms with E-state index < -0.39 is 0 Å². The molecule has 0 saturated carbocycles. The Labute approximate surface area is 85.9 Å². The molecule has 2 aromatic heterocycles. The molecule has 0 bridgehead atoms. The molecule has 0 N–H and O–H groups in total. The first-order valence-electron chi connectivity index (χ1n) is 3.55. The molecular formula is C7H7F6N3. The van der Waals surface area contributed by atoms with E-state index in [2.05, 4.69) is 10.1 Å². The smallest absolute Gasteiger partial charge is 0.0873 e. The number of fused-ring (bicyclic) bond motifs is 1. The molecule has 2 aromatic rings. The highest BCUT2D eigenvalue weighted by Gasteiger charge is 1.95. The van der Waals surface area contributed by atoms with Gasteiger partial charge in [-0.3, -0.25) is 4.98 Å². The minimum atomic E-state index is 1.07. The molecular weight excluding hydrogens is 240 g/mol. The second-order valence-corrected chi connectivity index (χ2v) is 2.23. The van der Waals surface area contributed by atoms with Crippen molar-refractivity contribution < 1.29 is 27.4 Å². The van der Waals surface area contributed by atoms with Crippen LogP contribution in [-0.2, 0) is 0 Å². The van der Waals surface area contributed by atoms with Crippen molar-refractivity contribution in [1.82, 2.24) is 14.6 Å². The van der Waals surface area contributed by atoms with Crippen LogP contribution >= 0.6 is 0 Å². The van der Waals surface area contributed by atoms with Crippen LogP contribution in [0.2, 0.25) is 0 Å². The molecule has 0 unspecified atom stereocenters. The molecule has 0 fully saturated rings. The molecule has 0 amide bonds. The molecule has 0 aliphatic carbocycles. The Morgan fingerprint density at radius 1 is 1.00 bits per heavy atom. The lowest BCUT2D eigenvalue weighted by atomic mass is 10.3. The molecule has 92 valence electrons. The molecule has 3 nitrogen and oxygen atoms in total. The van der Waals surface area contributed by atoms with Crippen LogP contribution in [0.1, 0.15) is 5.56 Å². The van der Waals surface area contributed by atoms with Gasteiger partial charge in [-0.05, 0) is 12.5 Å². The summed E-state index contributed by atoms with van der Waals surface area (Å²) in [5.74, 6) is 0. The van der Waals surface area contributed by atoms with E-state index in [4.69, 9.17) is 27.4 Å². The molecule has 16 heavy (non-hydrogen) atoms. The van der Waals surface area contributed by atoms with Crippen LogP contribution in [0.15, 0.2) is 24.8 Å². The van der Waals surface area contributed by atoms with Crippen LogP contribution < -0.4 is 0 Å². The standard InChI is InChI=1S/C7H7N3.3F2/c1-6-4-9-10-3-2-8-5-7(6)10;3*1-2/h2-5H,1H3;;;. The summed E-state index contributed by atoms with van der Waals surface area (Å²) in [5, 5.41) is 4.09. The Balaban J connectivity index is 0. The topological polar surface area (TPSA) is 30.2 Å². The van der Waals surface area contributed by atoms with Crippen LogP contribution in [0.3, 0.4) is 0 Å². The van der Waals surface area contributed by atoms with E-state index in [0.717, 1.165) is 11.1 Å². The Morgan fingerprint density at radius 2 is 1.56 bits per heavy atom. The monoisotopic (exact) mass is 247 g/mol. The fourth-order valence-electron chi connectivity index (χ4n) is 0.953. The van der Waals surface area contributed by atoms with Gasteiger partial charge >= 0.3 is 0 Å². The van der Waals surface area contributed by atoms with Gasteiger partial charge in [0.15, 0.2) is 0 Å². The van der Waals surface area contributed by atoms with Crippen molar-refractivity contribution in [2.45, 2.75) is 6.92 Å². The summed E-state index contributed by atoms with van der Waals surface area (Å²) >= 11 is 0. The normalized spacial score (nSPS) is 7.69. The number of aryl methyl sites for hydroxylation is 1. The zero-order chi connectivity index (χ0) is 13.0. The molecule has 0 aromatic carbocycles. The van der Waals surface area contributed by atoms with E-state index >= 15 is 0 Å². The van der Waals surface area contributed by atoms with Gasteiger partial charge in [-0.25, -0.2) is 4.52 Å². The summed E-state index contributed by atoms with van der Waals surface area (Å²) < 4.78 is 49.8. The summed E-state index contributed by atoms with van der Waals surface area (Å²) in [4.78, 5) is 3.99. The number of hydrogen-bond donors (Lipinski definition) is 0. The van der Waals surface area contributed by atoms with Gasteiger partial charge in [-0.1, -0.05) is 0 Å². The Hall–Kier alpha value is -1.80. The number of nitrogens with zero attached hydrogens (tertiary/aromatic N) is 3. The van der Waals surface area contributed by atoms with Gasteiger partial charge in [0.2, 0.25) is 0 Å². The average Bonchev–Trinajstić information content (AvgIpc) is 2.79. The first kappa shape index (κ1) is 16.6. The second kappa shape index (κ2) is 11.3. The zero-order valence-corrected chi connectivity index (χ0v) is 7.92. The fraction of sp³-hybridized carbons (Fsp3) is 0.143. The highest BCUT2D eigenvalue weighted by atomic mass is 20.0. The maximum absolute atomic E-state index is 8.00. The van der Waals surface area contributed by atoms with Crippen LogP contribution in [0.4, 0.5) is 27.4 Å². The van der Waals surface area contributed by atoms with Crippen molar-refractivity contribution in [3.63, 3.8) is 0 Å². The number of rotatable bonds is 0. The lowest BCUT2D eigenvalue weighted by Crippen LogP contribution is -1.85. The fourth-order valence-corrected chi connectivity index (χ4v) is 0.953. The Kier molecular flexibility index (Phi) is 11.7. The third kappa shape index (κ3) is 4.62. The summed E-state index contributed by atoms with van der Waals surface area (Å²) in [5.41, 5.74) is 2.23. The number of halogens is 6. The second-order valence-electron chi connectivity index (χ2n) is 2.23. The largest absolute Gasteiger partial charge is 0.261 e. The van der Waals surface area contributed by atoms with Gasteiger partial charge in [0, 0.05) is 39.8 Å². The Bertz CT molecular complexity index is 366. The Morgan fingerprint density at radius 3 is 2.06 bits per heavy atom. The quantitative estimate of drug-likeness (QED) is 0.666. The molecule has 0 radical (unpaired) electrons. The van der Waals surface area contributed by atoms with Gasteiger partial charge in [0.05, 0.1) is 17.9 Å². The van der Waals surface area contributed by atoms with Crippen molar-refractivity contribution in [2.75, 3.05) is 0 Å². The average molecular weight is 247 g/mol. The van der Waals surface area contributed by atoms with E-state index in [9.17, 15) is 0 Å². The van der Waals surface area contributed by atoms with Gasteiger partial charge in [-0.15, -0.1) is 0 Å². The van der Waals surface area contributed by atoms with Gasteiger partial charge in [-0.2, -0.15) is 5.10 Å². The summed E-state index contributed by atoms with van der Waals surface area (Å²) in [6.45, 7) is 2.02. The van der Waals surface area contributed by atoms with E-state index in [0.29, 0.717) is 0 Å². The maximum atomic E-state index is 8.00. The predicted octanol–water partition coefficient (Wildman–Crippen LogP) is 3.56. The predicted molar refractivity (Wildman–Crippen MR) is 44.4 cm³/mol. The van der Waals surface area contributed by atoms with E-state index in [-0.39, 0.29) is 0 Å². The SMILES string of the molecule is Cc1cnn2ccncc12.FF.FF.FF. The van der Waals surface area contributed by atoms with Crippen molar-refractivity contribution in [3.8, 4) is 0 Å². The van der Waals surface area contributed by atoms with Crippen molar-refractivity contribution in [2.24, 2.45) is 0 Å². The van der Waals surface area contributed by atoms with Crippen LogP contribution in [0.25, 0.3) is 5.52 Å². The molecule has 2 rings (SSSR count). The summed E-state index contributed by atoms with van der Waals surface area (Å²) in [7, 11) is 0. The third-order valence-electron chi connectivity index (χ3n) is 1.52. The van der Waals surface area contributed by atoms with Crippen LogP contribution in [0.5, 0.6) is 0 Å². The molecule has 9 heteroatoms. The molecule has 0 aliphatic heterocycles. The van der Waals surface area contributed by atoms with Crippen molar-refractivity contribution in [3.05, 3.63) is 30.4 Å². The van der Waals surface area contributed by atoms with Crippen LogP contribution in [0, 0.1) is 6.92 Å². The minimum Gasteiger partial charge on any atom is -0.261 e. The van der Waals surface area contributed by atoms with Crippen molar-refractivity contribution in [1.29, 1.82) is 0 Å². The minimum absolute atomic E-state index is 1.07. The molecule has 2 heterocycles. The maximum Gasteiger partial charge on any atom is 0.0873 e. The third-order valence-corrected chi connectivity index (χ3v) is 1.52. The number of aromatic nitrogens is 3. The lowest BCUT2D eigenvalue weighted by molar-refractivity contribution is 0.108. The molecule has 0 aliphatic rings. The van der Waals surface area contributed by atoms with Gasteiger partial charge < -0.3 is 0 Å². The first-order valence-corrected chi connectivity index (χ1v) is 3.55. The van der Waals surface area contributed by atoms with Crippen molar-refractivity contribution >= 4 is 5.52 Å². The lowest BCUT2D eigenvalue weighted by Gasteiger charge is -1.88. The molecule has 0 spiro atoms. The summed E-state index contributed by atoms with van der Waals surface area (Å²) in [6.07, 6.45) is 7.20. The van der Waals surface area contributed by atoms with E-state index in [1.807, 2.05) is 30.0 Å². The van der Waals surface area contributed by atoms with Crippen LogP contribution in [-0.4, -0.2) is 14.6 Å². The summed E-state index contributed by atoms with van der Waals surface area (Å²) in [6, 6.07) is 0. The van der Waals surface area contributed by atoms with E-state index in [1.165, 1.54) is 0 Å². The number of hydrogen-bond acceptors (Lipinski definition) is 2. The molecule has 0 atom stereocenters. The van der Waals surface area contributed by atoms with Gasteiger partial charge in [0.1, 0.15) is 0 Å². The highest BCUT2D eigenvalue weighted by Crippen LogP contribution is 2.04. The highest BCUT2D eigenvalue weighted by molar-refractivity contribution is 5.50. The van der Waals surface area contributed by atoms with Gasteiger partial charge in [0.25, 0.3) is 0 Å². The first-order chi connectivity index (χ1) is 7.88.